The maximum atomic E-state index is 11.3. The molecule has 2 bridgehead atoms. The van der Waals surface area contributed by atoms with E-state index in [-0.39, 0.29) is 12.2 Å². The van der Waals surface area contributed by atoms with Gasteiger partial charge in [0, 0.05) is 12.6 Å². The smallest absolute Gasteiger partial charge is 0.320 e. The van der Waals surface area contributed by atoms with E-state index >= 15 is 0 Å². The van der Waals surface area contributed by atoms with Crippen LogP contribution in [0.2, 0.25) is 0 Å². The van der Waals surface area contributed by atoms with Gasteiger partial charge in [0.1, 0.15) is 6.04 Å². The fourth-order valence-corrected chi connectivity index (χ4v) is 3.25. The van der Waals surface area contributed by atoms with Crippen molar-refractivity contribution in [3.63, 3.8) is 0 Å². The minimum atomic E-state index is -0.722. The van der Waals surface area contributed by atoms with Gasteiger partial charge in [0.25, 0.3) is 0 Å². The third-order valence-corrected chi connectivity index (χ3v) is 4.31. The first-order valence-electron chi connectivity index (χ1n) is 7.10. The molecule has 2 aliphatic rings. The van der Waals surface area contributed by atoms with Gasteiger partial charge in [-0.25, -0.2) is 0 Å². The van der Waals surface area contributed by atoms with Gasteiger partial charge in [0.05, 0.1) is 12.8 Å². The Labute approximate surface area is 118 Å². The molecule has 1 N–H and O–H groups in total. The minimum absolute atomic E-state index is 0.0207. The zero-order chi connectivity index (χ0) is 14.1. The Kier molecular flexibility index (Phi) is 3.74. The topological polar surface area (TPSA) is 53.0 Å². The number of piperidine rings is 1. The van der Waals surface area contributed by atoms with E-state index in [1.165, 1.54) is 0 Å². The monoisotopic (exact) mass is 276 g/mol. The number of rotatable bonds is 4. The standard InChI is InChI=1S/C15H20N2O3/c1-11-16-9-13(7-8-14(16)15(18)19)17(11)20-10-12-5-3-2-4-6-12/h2-6,11,13-14H,7-10H2,1H3,(H,18,19)/t11?,13?,14-/m0/s1. The number of nitrogens with zero attached hydrogens (tertiary/aromatic N) is 2. The fraction of sp³-hybridized carbons (Fsp3) is 0.533. The molecule has 0 saturated carbocycles. The summed E-state index contributed by atoms with van der Waals surface area (Å²) in [5.41, 5.74) is 1.13. The van der Waals surface area contributed by atoms with Crippen LogP contribution >= 0.6 is 0 Å². The molecule has 0 spiro atoms. The zero-order valence-corrected chi connectivity index (χ0v) is 11.6. The van der Waals surface area contributed by atoms with Gasteiger partial charge in [0.2, 0.25) is 0 Å². The molecule has 4 atom stereocenters. The lowest BCUT2D eigenvalue weighted by Gasteiger charge is -2.29. The molecule has 0 amide bonds. The summed E-state index contributed by atoms with van der Waals surface area (Å²) < 4.78 is 0. The lowest BCUT2D eigenvalue weighted by molar-refractivity contribution is -0.207. The van der Waals surface area contributed by atoms with E-state index in [9.17, 15) is 9.90 Å². The Morgan fingerprint density at radius 2 is 2.10 bits per heavy atom. The summed E-state index contributed by atoms with van der Waals surface area (Å²) in [5.74, 6) is -0.722. The lowest BCUT2D eigenvalue weighted by atomic mass is 10.0. The largest absolute Gasteiger partial charge is 0.480 e. The zero-order valence-electron chi connectivity index (χ0n) is 11.6. The van der Waals surface area contributed by atoms with Crippen molar-refractivity contribution in [3.05, 3.63) is 35.9 Å². The number of carbonyl (C=O) groups is 1. The molecule has 5 nitrogen and oxygen atoms in total. The molecule has 2 aliphatic heterocycles. The van der Waals surface area contributed by atoms with Crippen molar-refractivity contribution in [2.24, 2.45) is 0 Å². The van der Waals surface area contributed by atoms with Crippen LogP contribution in [0.1, 0.15) is 25.3 Å². The summed E-state index contributed by atoms with van der Waals surface area (Å²) in [6.45, 7) is 3.34. The normalized spacial score (nSPS) is 33.2. The van der Waals surface area contributed by atoms with Gasteiger partial charge in [0.15, 0.2) is 0 Å². The number of hydrogen-bond acceptors (Lipinski definition) is 4. The molecular weight excluding hydrogens is 256 g/mol. The van der Waals surface area contributed by atoms with Crippen molar-refractivity contribution < 1.29 is 14.7 Å². The number of hydroxylamine groups is 2. The summed E-state index contributed by atoms with van der Waals surface area (Å²) in [6, 6.07) is 9.98. The maximum absolute atomic E-state index is 11.3. The van der Waals surface area contributed by atoms with Crippen molar-refractivity contribution in [1.29, 1.82) is 0 Å². The van der Waals surface area contributed by atoms with Crippen LogP contribution in [0.3, 0.4) is 0 Å². The highest BCUT2D eigenvalue weighted by Gasteiger charge is 2.47. The van der Waals surface area contributed by atoms with Crippen LogP contribution in [0.4, 0.5) is 0 Å². The summed E-state index contributed by atoms with van der Waals surface area (Å²) >= 11 is 0. The van der Waals surface area contributed by atoms with Gasteiger partial charge in [-0.05, 0) is 25.3 Å². The molecule has 1 aromatic rings. The van der Waals surface area contributed by atoms with Crippen molar-refractivity contribution in [2.75, 3.05) is 6.54 Å². The number of aliphatic carboxylic acids is 1. The molecule has 0 radical (unpaired) electrons. The summed E-state index contributed by atoms with van der Waals surface area (Å²) in [7, 11) is 0. The predicted molar refractivity (Wildman–Crippen MR) is 73.7 cm³/mol. The third-order valence-electron chi connectivity index (χ3n) is 4.31. The molecule has 2 heterocycles. The Morgan fingerprint density at radius 3 is 2.80 bits per heavy atom. The van der Waals surface area contributed by atoms with Gasteiger partial charge in [-0.2, -0.15) is 5.06 Å². The second-order valence-corrected chi connectivity index (χ2v) is 5.53. The predicted octanol–water partition coefficient (Wildman–Crippen LogP) is 1.70. The summed E-state index contributed by atoms with van der Waals surface area (Å²) in [6.07, 6.45) is 1.61. The van der Waals surface area contributed by atoms with Gasteiger partial charge in [-0.3, -0.25) is 14.5 Å². The van der Waals surface area contributed by atoms with Gasteiger partial charge in [-0.1, -0.05) is 30.3 Å². The Balaban J connectivity index is 1.65. The van der Waals surface area contributed by atoms with Crippen LogP contribution in [0, 0.1) is 0 Å². The molecule has 2 saturated heterocycles. The Morgan fingerprint density at radius 1 is 1.35 bits per heavy atom. The molecule has 2 fully saturated rings. The molecule has 108 valence electrons. The second-order valence-electron chi connectivity index (χ2n) is 5.53. The minimum Gasteiger partial charge on any atom is -0.480 e. The lowest BCUT2D eigenvalue weighted by Crippen LogP contribution is -2.46. The Hall–Kier alpha value is -1.43. The fourth-order valence-electron chi connectivity index (χ4n) is 3.25. The van der Waals surface area contributed by atoms with Crippen LogP contribution in [-0.2, 0) is 16.2 Å². The van der Waals surface area contributed by atoms with Gasteiger partial charge >= 0.3 is 5.97 Å². The van der Waals surface area contributed by atoms with E-state index in [0.29, 0.717) is 19.1 Å². The highest BCUT2D eigenvalue weighted by molar-refractivity contribution is 5.73. The highest BCUT2D eigenvalue weighted by atomic mass is 16.7. The molecule has 0 aliphatic carbocycles. The van der Waals surface area contributed by atoms with Crippen LogP contribution in [0.15, 0.2) is 30.3 Å². The summed E-state index contributed by atoms with van der Waals surface area (Å²) in [4.78, 5) is 19.2. The van der Waals surface area contributed by atoms with E-state index in [1.807, 2.05) is 47.2 Å². The molecule has 20 heavy (non-hydrogen) atoms. The number of carboxylic acids is 1. The average molecular weight is 276 g/mol. The van der Waals surface area contributed by atoms with E-state index in [1.54, 1.807) is 0 Å². The first-order chi connectivity index (χ1) is 9.66. The van der Waals surface area contributed by atoms with Crippen LogP contribution in [0.5, 0.6) is 0 Å². The summed E-state index contributed by atoms with van der Waals surface area (Å²) in [5, 5.41) is 11.3. The van der Waals surface area contributed by atoms with E-state index in [2.05, 4.69) is 0 Å². The van der Waals surface area contributed by atoms with E-state index in [0.717, 1.165) is 18.5 Å². The number of carboxylic acid groups (broad SMARTS) is 1. The van der Waals surface area contributed by atoms with Crippen LogP contribution in [-0.4, -0.2) is 45.8 Å². The number of hydrogen-bond donors (Lipinski definition) is 1. The van der Waals surface area contributed by atoms with Crippen LogP contribution < -0.4 is 0 Å². The quantitative estimate of drug-likeness (QED) is 0.907. The van der Waals surface area contributed by atoms with Gasteiger partial charge < -0.3 is 5.11 Å². The average Bonchev–Trinajstić information content (AvgIpc) is 2.70. The highest BCUT2D eigenvalue weighted by Crippen LogP contribution is 2.33. The van der Waals surface area contributed by atoms with Crippen molar-refractivity contribution in [2.45, 2.75) is 44.6 Å². The van der Waals surface area contributed by atoms with Crippen molar-refractivity contribution in [3.8, 4) is 0 Å². The maximum Gasteiger partial charge on any atom is 0.320 e. The number of benzene rings is 1. The molecule has 1 aromatic carbocycles. The van der Waals surface area contributed by atoms with E-state index < -0.39 is 5.97 Å². The molecule has 3 rings (SSSR count). The second kappa shape index (κ2) is 5.52. The first-order valence-corrected chi connectivity index (χ1v) is 7.10. The van der Waals surface area contributed by atoms with Crippen molar-refractivity contribution >= 4 is 5.97 Å². The molecular formula is C15H20N2O3. The first kappa shape index (κ1) is 13.5. The van der Waals surface area contributed by atoms with Crippen LogP contribution in [0.25, 0.3) is 0 Å². The van der Waals surface area contributed by atoms with Gasteiger partial charge in [-0.15, -0.1) is 0 Å². The van der Waals surface area contributed by atoms with E-state index in [4.69, 9.17) is 4.84 Å². The molecule has 0 aromatic heterocycles. The SMILES string of the molecule is CC1N(OCc2ccccc2)C2CC[C@@H](C(=O)O)N1C2. The molecule has 3 unspecified atom stereocenters. The Bertz CT molecular complexity index is 479. The number of fused-ring (bicyclic) bond motifs is 2. The molecule has 5 heteroatoms. The van der Waals surface area contributed by atoms with Crippen molar-refractivity contribution in [1.82, 2.24) is 9.96 Å². The third kappa shape index (κ3) is 2.44.